The van der Waals surface area contributed by atoms with E-state index in [2.05, 4.69) is 21.3 Å². The third kappa shape index (κ3) is 5.71. The van der Waals surface area contributed by atoms with E-state index >= 15 is 0 Å². The third-order valence-corrected chi connectivity index (χ3v) is 3.35. The largest absolute Gasteiger partial charge is 0.358 e. The number of likely N-dealkylation sites (N-methyl/N-ethyl adjacent to an activating group) is 1. The van der Waals surface area contributed by atoms with Crippen LogP contribution in [0, 0.1) is 5.92 Å². The van der Waals surface area contributed by atoms with Gasteiger partial charge in [0.2, 0.25) is 23.6 Å². The van der Waals surface area contributed by atoms with Gasteiger partial charge in [0.05, 0.1) is 6.54 Å². The smallest absolute Gasteiger partial charge is 0.243 e. The second-order valence-corrected chi connectivity index (χ2v) is 5.74. The molecule has 2 atom stereocenters. The van der Waals surface area contributed by atoms with E-state index in [1.807, 2.05) is 13.8 Å². The molecular weight excluding hydrogens is 288 g/mol. The Bertz CT molecular complexity index is 450. The number of carbonyl (C=O) groups is 4. The highest BCUT2D eigenvalue weighted by Gasteiger charge is 2.30. The summed E-state index contributed by atoms with van der Waals surface area (Å²) in [4.78, 5) is 46.5. The first-order valence-corrected chi connectivity index (χ1v) is 7.41. The summed E-state index contributed by atoms with van der Waals surface area (Å²) in [7, 11) is 1.48. The maximum Gasteiger partial charge on any atom is 0.243 e. The molecule has 1 aliphatic rings. The average molecular weight is 312 g/mol. The maximum absolute atomic E-state index is 12.1. The molecule has 4 N–H and O–H groups in total. The highest BCUT2D eigenvalue weighted by molar-refractivity contribution is 5.94. The molecule has 1 aliphatic heterocycles. The van der Waals surface area contributed by atoms with Crippen molar-refractivity contribution in [1.29, 1.82) is 0 Å². The summed E-state index contributed by atoms with van der Waals surface area (Å²) < 4.78 is 0. The molecule has 0 saturated carbocycles. The van der Waals surface area contributed by atoms with Gasteiger partial charge in [-0.15, -0.1) is 0 Å². The summed E-state index contributed by atoms with van der Waals surface area (Å²) in [6.45, 7) is 3.73. The van der Waals surface area contributed by atoms with E-state index in [1.165, 1.54) is 7.05 Å². The van der Waals surface area contributed by atoms with Crippen LogP contribution in [-0.2, 0) is 19.2 Å². The predicted octanol–water partition coefficient (Wildman–Crippen LogP) is -1.34. The minimum atomic E-state index is -0.727. The molecule has 0 spiro atoms. The van der Waals surface area contributed by atoms with Gasteiger partial charge in [-0.25, -0.2) is 0 Å². The first-order valence-electron chi connectivity index (χ1n) is 7.41. The molecule has 0 unspecified atom stereocenters. The number of hydrogen-bond donors (Lipinski definition) is 4. The first kappa shape index (κ1) is 17.9. The van der Waals surface area contributed by atoms with Crippen molar-refractivity contribution in [3.63, 3.8) is 0 Å². The number of hydrogen-bond acceptors (Lipinski definition) is 4. The molecule has 1 fully saturated rings. The van der Waals surface area contributed by atoms with Crippen LogP contribution >= 0.6 is 0 Å². The predicted molar refractivity (Wildman–Crippen MR) is 79.6 cm³/mol. The molecule has 0 aromatic carbocycles. The molecular formula is C14H24N4O4. The van der Waals surface area contributed by atoms with Gasteiger partial charge in [-0.3, -0.25) is 19.2 Å². The highest BCUT2D eigenvalue weighted by Crippen LogP contribution is 2.09. The van der Waals surface area contributed by atoms with Gasteiger partial charge < -0.3 is 21.3 Å². The van der Waals surface area contributed by atoms with Crippen LogP contribution in [0.1, 0.15) is 33.1 Å². The zero-order chi connectivity index (χ0) is 16.7. The van der Waals surface area contributed by atoms with E-state index in [4.69, 9.17) is 0 Å². The lowest BCUT2D eigenvalue weighted by molar-refractivity contribution is -0.131. The highest BCUT2D eigenvalue weighted by atomic mass is 16.2. The molecule has 0 aromatic rings. The Balaban J connectivity index is 2.59. The van der Waals surface area contributed by atoms with E-state index in [0.29, 0.717) is 19.3 Å². The summed E-state index contributed by atoms with van der Waals surface area (Å²) >= 11 is 0. The van der Waals surface area contributed by atoms with Gasteiger partial charge in [-0.1, -0.05) is 13.8 Å². The maximum atomic E-state index is 12.1. The lowest BCUT2D eigenvalue weighted by Gasteiger charge is -2.21. The molecule has 4 amide bonds. The molecule has 8 nitrogen and oxygen atoms in total. The van der Waals surface area contributed by atoms with Gasteiger partial charge in [0.1, 0.15) is 12.1 Å². The monoisotopic (exact) mass is 312 g/mol. The first-order chi connectivity index (χ1) is 10.3. The van der Waals surface area contributed by atoms with Gasteiger partial charge >= 0.3 is 0 Å². The molecule has 0 aliphatic carbocycles. The van der Waals surface area contributed by atoms with Crippen molar-refractivity contribution in [3.8, 4) is 0 Å². The Hall–Kier alpha value is -2.12. The van der Waals surface area contributed by atoms with Crippen LogP contribution in [0.15, 0.2) is 0 Å². The normalized spacial score (nSPS) is 18.5. The van der Waals surface area contributed by atoms with Crippen molar-refractivity contribution >= 4 is 23.6 Å². The van der Waals surface area contributed by atoms with E-state index in [9.17, 15) is 19.2 Å². The number of rotatable bonds is 7. The van der Waals surface area contributed by atoms with Crippen molar-refractivity contribution in [3.05, 3.63) is 0 Å². The van der Waals surface area contributed by atoms with Gasteiger partial charge in [0.15, 0.2) is 0 Å². The standard InChI is InChI=1S/C14H24N4O4/c1-8(2)6-10(13(21)16-7-12(20)15-3)18-14(22)9-4-5-11(19)17-9/h8-10H,4-7H2,1-3H3,(H,15,20)(H,16,21)(H,17,19)(H,18,22)/t9-,10-/m0/s1. The summed E-state index contributed by atoms with van der Waals surface area (Å²) in [5.41, 5.74) is 0. The minimum absolute atomic E-state index is 0.139. The molecule has 1 rings (SSSR count). The van der Waals surface area contributed by atoms with Gasteiger partial charge in [-0.05, 0) is 18.8 Å². The molecule has 1 saturated heterocycles. The molecule has 0 bridgehead atoms. The summed E-state index contributed by atoms with van der Waals surface area (Å²) in [5.74, 6) is -1.06. The molecule has 8 heteroatoms. The van der Waals surface area contributed by atoms with Gasteiger partial charge in [0.25, 0.3) is 0 Å². The average Bonchev–Trinajstić information content (AvgIpc) is 2.89. The Labute approximate surface area is 129 Å². The lowest BCUT2D eigenvalue weighted by atomic mass is 10.0. The van der Waals surface area contributed by atoms with E-state index in [1.54, 1.807) is 0 Å². The second kappa shape index (κ2) is 8.35. The van der Waals surface area contributed by atoms with E-state index in [0.717, 1.165) is 0 Å². The van der Waals surface area contributed by atoms with Crippen LogP contribution in [0.25, 0.3) is 0 Å². The van der Waals surface area contributed by atoms with Crippen LogP contribution in [0.2, 0.25) is 0 Å². The van der Waals surface area contributed by atoms with Gasteiger partial charge in [0, 0.05) is 13.5 Å². The van der Waals surface area contributed by atoms with Crippen LogP contribution < -0.4 is 21.3 Å². The zero-order valence-corrected chi connectivity index (χ0v) is 13.2. The molecule has 0 aromatic heterocycles. The summed E-state index contributed by atoms with van der Waals surface area (Å²) in [5, 5.41) is 10.1. The van der Waals surface area contributed by atoms with Crippen LogP contribution in [0.5, 0.6) is 0 Å². The topological polar surface area (TPSA) is 116 Å². The van der Waals surface area contributed by atoms with Crippen molar-refractivity contribution in [2.45, 2.75) is 45.2 Å². The summed E-state index contributed by atoms with van der Waals surface area (Å²) in [6, 6.07) is -1.32. The minimum Gasteiger partial charge on any atom is -0.358 e. The molecule has 0 radical (unpaired) electrons. The third-order valence-electron chi connectivity index (χ3n) is 3.35. The van der Waals surface area contributed by atoms with Crippen LogP contribution in [0.4, 0.5) is 0 Å². The lowest BCUT2D eigenvalue weighted by Crippen LogP contribution is -2.53. The SMILES string of the molecule is CNC(=O)CNC(=O)[C@H](CC(C)C)NC(=O)[C@@H]1CCC(=O)N1. The summed E-state index contributed by atoms with van der Waals surface area (Å²) in [6.07, 6.45) is 1.20. The Morgan fingerprint density at radius 1 is 1.32 bits per heavy atom. The van der Waals surface area contributed by atoms with E-state index < -0.39 is 18.0 Å². The quantitative estimate of drug-likeness (QED) is 0.465. The van der Waals surface area contributed by atoms with Crippen molar-refractivity contribution < 1.29 is 19.2 Å². The Morgan fingerprint density at radius 3 is 2.50 bits per heavy atom. The number of carbonyl (C=O) groups excluding carboxylic acids is 4. The fourth-order valence-corrected chi connectivity index (χ4v) is 2.16. The number of nitrogens with one attached hydrogen (secondary N) is 4. The molecule has 1 heterocycles. The fraction of sp³-hybridized carbons (Fsp3) is 0.714. The van der Waals surface area contributed by atoms with Gasteiger partial charge in [-0.2, -0.15) is 0 Å². The van der Waals surface area contributed by atoms with Crippen molar-refractivity contribution in [2.75, 3.05) is 13.6 Å². The fourth-order valence-electron chi connectivity index (χ4n) is 2.16. The van der Waals surface area contributed by atoms with Crippen molar-refractivity contribution in [2.24, 2.45) is 5.92 Å². The van der Waals surface area contributed by atoms with Crippen LogP contribution in [0.3, 0.4) is 0 Å². The molecule has 22 heavy (non-hydrogen) atoms. The Kier molecular flexibility index (Phi) is 6.81. The second-order valence-electron chi connectivity index (χ2n) is 5.74. The number of amides is 4. The van der Waals surface area contributed by atoms with Crippen LogP contribution in [-0.4, -0.2) is 49.3 Å². The molecule has 124 valence electrons. The van der Waals surface area contributed by atoms with E-state index in [-0.39, 0.29) is 30.2 Å². The van der Waals surface area contributed by atoms with Crippen molar-refractivity contribution in [1.82, 2.24) is 21.3 Å². The zero-order valence-electron chi connectivity index (χ0n) is 13.2. The Morgan fingerprint density at radius 2 is 2.00 bits per heavy atom.